The zero-order valence-electron chi connectivity index (χ0n) is 18.4. The minimum atomic E-state index is -0.280. The zero-order chi connectivity index (χ0) is 23.2. The molecular formula is C24H26ClN7O. The molecule has 33 heavy (non-hydrogen) atoms. The molecule has 2 heterocycles. The van der Waals surface area contributed by atoms with E-state index >= 15 is 0 Å². The van der Waals surface area contributed by atoms with E-state index in [1.807, 2.05) is 24.3 Å². The van der Waals surface area contributed by atoms with Crippen LogP contribution >= 0.6 is 11.6 Å². The van der Waals surface area contributed by atoms with Crippen molar-refractivity contribution >= 4 is 52.0 Å². The van der Waals surface area contributed by atoms with Gasteiger partial charge in [0.25, 0.3) is 0 Å². The predicted octanol–water partition coefficient (Wildman–Crippen LogP) is 4.49. The number of amides is 1. The number of piperazine rings is 1. The number of anilines is 6. The summed E-state index contributed by atoms with van der Waals surface area (Å²) in [7, 11) is 2.15. The molecule has 2 aromatic carbocycles. The lowest BCUT2D eigenvalue weighted by Crippen LogP contribution is -2.44. The number of hydrogen-bond acceptors (Lipinski definition) is 7. The highest BCUT2D eigenvalue weighted by Gasteiger charge is 2.14. The molecule has 0 spiro atoms. The van der Waals surface area contributed by atoms with Gasteiger partial charge in [-0.05, 0) is 55.6 Å². The number of benzene rings is 2. The standard InChI is InChI=1S/C24H26ClN7O/c1-3-22(33)27-18-5-4-6-19(15-18)28-23-21(25)16-26-24(30-23)29-17-7-9-20(10-8-17)32-13-11-31(2)12-14-32/h3-10,15-16H,1,11-14H2,2H3,(H,27,33)(H2,26,28,29,30). The highest BCUT2D eigenvalue weighted by atomic mass is 35.5. The Morgan fingerprint density at radius 1 is 1.03 bits per heavy atom. The molecule has 0 radical (unpaired) electrons. The van der Waals surface area contributed by atoms with Crippen LogP contribution in [0.1, 0.15) is 0 Å². The van der Waals surface area contributed by atoms with Crippen LogP contribution in [0.5, 0.6) is 0 Å². The summed E-state index contributed by atoms with van der Waals surface area (Å²) in [5.74, 6) is 0.595. The molecule has 9 heteroatoms. The van der Waals surface area contributed by atoms with Gasteiger partial charge < -0.3 is 25.8 Å². The van der Waals surface area contributed by atoms with E-state index in [1.165, 1.54) is 11.8 Å². The third-order valence-corrected chi connectivity index (χ3v) is 5.59. The first-order valence-corrected chi connectivity index (χ1v) is 11.0. The van der Waals surface area contributed by atoms with Crippen LogP contribution in [0.4, 0.5) is 34.5 Å². The summed E-state index contributed by atoms with van der Waals surface area (Å²) in [5.41, 5.74) is 3.44. The maximum atomic E-state index is 11.5. The van der Waals surface area contributed by atoms with Crippen molar-refractivity contribution in [1.29, 1.82) is 0 Å². The molecule has 0 saturated carbocycles. The summed E-state index contributed by atoms with van der Waals surface area (Å²) in [5, 5.41) is 9.51. The smallest absolute Gasteiger partial charge is 0.247 e. The molecule has 0 bridgehead atoms. The Hall–Kier alpha value is -3.62. The van der Waals surface area contributed by atoms with Gasteiger partial charge in [-0.25, -0.2) is 4.98 Å². The number of halogens is 1. The van der Waals surface area contributed by atoms with E-state index in [0.717, 1.165) is 37.6 Å². The highest BCUT2D eigenvalue weighted by molar-refractivity contribution is 6.32. The van der Waals surface area contributed by atoms with E-state index in [2.05, 4.69) is 61.5 Å². The first kappa shape index (κ1) is 22.6. The van der Waals surface area contributed by atoms with Gasteiger partial charge in [0, 0.05) is 48.9 Å². The highest BCUT2D eigenvalue weighted by Crippen LogP contribution is 2.27. The molecule has 0 atom stereocenters. The van der Waals surface area contributed by atoms with Crippen molar-refractivity contribution in [1.82, 2.24) is 14.9 Å². The van der Waals surface area contributed by atoms with Crippen molar-refractivity contribution in [2.24, 2.45) is 0 Å². The van der Waals surface area contributed by atoms with Crippen LogP contribution in [0.3, 0.4) is 0 Å². The summed E-state index contributed by atoms with van der Waals surface area (Å²) in [6, 6.07) is 15.5. The number of nitrogens with one attached hydrogen (secondary N) is 3. The average Bonchev–Trinajstić information content (AvgIpc) is 2.82. The van der Waals surface area contributed by atoms with Gasteiger partial charge in [-0.15, -0.1) is 0 Å². The molecule has 1 aliphatic heterocycles. The fourth-order valence-electron chi connectivity index (χ4n) is 3.47. The second-order valence-electron chi connectivity index (χ2n) is 7.75. The van der Waals surface area contributed by atoms with Gasteiger partial charge in [0.1, 0.15) is 5.02 Å². The van der Waals surface area contributed by atoms with Crippen LogP contribution in [0, 0.1) is 0 Å². The molecule has 0 unspecified atom stereocenters. The summed E-state index contributed by atoms with van der Waals surface area (Å²) in [4.78, 5) is 25.1. The van der Waals surface area contributed by atoms with Gasteiger partial charge in [0.2, 0.25) is 11.9 Å². The summed E-state index contributed by atoms with van der Waals surface area (Å²) >= 11 is 6.31. The molecule has 3 aromatic rings. The van der Waals surface area contributed by atoms with Gasteiger partial charge in [0.15, 0.2) is 5.82 Å². The van der Waals surface area contributed by atoms with Crippen LogP contribution in [0.15, 0.2) is 67.4 Å². The van der Waals surface area contributed by atoms with Gasteiger partial charge in [-0.2, -0.15) is 4.98 Å². The molecule has 170 valence electrons. The molecule has 4 rings (SSSR count). The van der Waals surface area contributed by atoms with Crippen molar-refractivity contribution in [2.45, 2.75) is 0 Å². The minimum Gasteiger partial charge on any atom is -0.369 e. The quantitative estimate of drug-likeness (QED) is 0.445. The molecular weight excluding hydrogens is 438 g/mol. The number of likely N-dealkylation sites (N-methyl/N-ethyl adjacent to an activating group) is 1. The van der Waals surface area contributed by atoms with E-state index in [4.69, 9.17) is 11.6 Å². The largest absolute Gasteiger partial charge is 0.369 e. The second kappa shape index (κ2) is 10.3. The van der Waals surface area contributed by atoms with E-state index in [-0.39, 0.29) is 5.91 Å². The van der Waals surface area contributed by atoms with Crippen molar-refractivity contribution in [3.05, 3.63) is 72.4 Å². The number of hydrogen-bond donors (Lipinski definition) is 3. The second-order valence-corrected chi connectivity index (χ2v) is 8.16. The van der Waals surface area contributed by atoms with E-state index < -0.39 is 0 Å². The Morgan fingerprint density at radius 2 is 1.76 bits per heavy atom. The molecule has 0 aliphatic carbocycles. The molecule has 1 fully saturated rings. The van der Waals surface area contributed by atoms with Gasteiger partial charge in [-0.1, -0.05) is 24.2 Å². The van der Waals surface area contributed by atoms with Crippen molar-refractivity contribution in [2.75, 3.05) is 54.1 Å². The summed E-state index contributed by atoms with van der Waals surface area (Å²) in [6.45, 7) is 7.65. The Morgan fingerprint density at radius 3 is 2.48 bits per heavy atom. The molecule has 1 amide bonds. The lowest BCUT2D eigenvalue weighted by molar-refractivity contribution is -0.111. The molecule has 8 nitrogen and oxygen atoms in total. The number of nitrogens with zero attached hydrogens (tertiary/aromatic N) is 4. The molecule has 1 aromatic heterocycles. The number of rotatable bonds is 7. The maximum absolute atomic E-state index is 11.5. The Kier molecular flexibility index (Phi) is 7.07. The average molecular weight is 464 g/mol. The monoisotopic (exact) mass is 463 g/mol. The Balaban J connectivity index is 1.44. The fourth-order valence-corrected chi connectivity index (χ4v) is 3.61. The van der Waals surface area contributed by atoms with E-state index in [0.29, 0.717) is 22.5 Å². The number of carbonyl (C=O) groups excluding carboxylic acids is 1. The third kappa shape index (κ3) is 6.00. The SMILES string of the molecule is C=CC(=O)Nc1cccc(Nc2nc(Nc3ccc(N4CCN(C)CC4)cc3)ncc2Cl)c1. The first-order chi connectivity index (χ1) is 16.0. The normalized spacial score (nSPS) is 13.9. The first-order valence-electron chi connectivity index (χ1n) is 10.6. The van der Waals surface area contributed by atoms with E-state index in [9.17, 15) is 4.79 Å². The van der Waals surface area contributed by atoms with Crippen molar-refractivity contribution in [3.8, 4) is 0 Å². The lowest BCUT2D eigenvalue weighted by atomic mass is 10.2. The van der Waals surface area contributed by atoms with Crippen LogP contribution in [-0.2, 0) is 4.79 Å². The van der Waals surface area contributed by atoms with Crippen LogP contribution in [-0.4, -0.2) is 54.0 Å². The number of carbonyl (C=O) groups is 1. The summed E-state index contributed by atoms with van der Waals surface area (Å²) < 4.78 is 0. The van der Waals surface area contributed by atoms with E-state index in [1.54, 1.807) is 18.3 Å². The Labute approximate surface area is 198 Å². The summed E-state index contributed by atoms with van der Waals surface area (Å²) in [6.07, 6.45) is 2.76. The number of aromatic nitrogens is 2. The molecule has 1 aliphatic rings. The van der Waals surface area contributed by atoms with Crippen molar-refractivity contribution in [3.63, 3.8) is 0 Å². The van der Waals surface area contributed by atoms with Gasteiger partial charge >= 0.3 is 0 Å². The predicted molar refractivity (Wildman–Crippen MR) is 135 cm³/mol. The topological polar surface area (TPSA) is 85.4 Å². The van der Waals surface area contributed by atoms with Crippen LogP contribution in [0.25, 0.3) is 0 Å². The fraction of sp³-hybridized carbons (Fsp3) is 0.208. The van der Waals surface area contributed by atoms with Crippen LogP contribution in [0.2, 0.25) is 5.02 Å². The Bertz CT molecular complexity index is 1130. The van der Waals surface area contributed by atoms with Crippen LogP contribution < -0.4 is 20.9 Å². The molecule has 3 N–H and O–H groups in total. The van der Waals surface area contributed by atoms with Crippen molar-refractivity contribution < 1.29 is 4.79 Å². The lowest BCUT2D eigenvalue weighted by Gasteiger charge is -2.34. The zero-order valence-corrected chi connectivity index (χ0v) is 19.1. The third-order valence-electron chi connectivity index (χ3n) is 5.31. The van der Waals surface area contributed by atoms with Gasteiger partial charge in [-0.3, -0.25) is 4.79 Å². The molecule has 1 saturated heterocycles. The minimum absolute atomic E-state index is 0.280. The maximum Gasteiger partial charge on any atom is 0.247 e. The van der Waals surface area contributed by atoms with Gasteiger partial charge in [0.05, 0.1) is 6.20 Å².